The van der Waals surface area contributed by atoms with Crippen LogP contribution in [0.2, 0.25) is 0 Å². The predicted octanol–water partition coefficient (Wildman–Crippen LogP) is 20.1. The molecule has 6 aromatic heterocycles. The number of H-pyrrole nitrogens is 3. The minimum absolute atomic E-state index is 0. The fraction of sp³-hybridized carbons (Fsp3) is 0.184. The molecular weight excluding hydrogens is 1640 g/mol. The van der Waals surface area contributed by atoms with Gasteiger partial charge in [-0.1, -0.05) is 172 Å². The smallest absolute Gasteiger partial charge is 0.857 e. The number of para-hydroxylation sites is 7. The number of fused-ring (bicyclic) bond motifs is 18. The first-order valence-corrected chi connectivity index (χ1v) is 41.7. The van der Waals surface area contributed by atoms with Gasteiger partial charge in [-0.2, -0.15) is 28.2 Å². The predicted molar refractivity (Wildman–Crippen MR) is 497 cm³/mol. The van der Waals surface area contributed by atoms with E-state index in [-0.39, 0.29) is 61.0 Å². The summed E-state index contributed by atoms with van der Waals surface area (Å²) in [6.07, 6.45) is 15.3. The van der Waals surface area contributed by atoms with Crippen molar-refractivity contribution in [2.45, 2.75) is 102 Å². The van der Waals surface area contributed by atoms with E-state index in [1.165, 1.54) is 104 Å². The Bertz CT molecular complexity index is 6660. The minimum atomic E-state index is -0.677. The summed E-state index contributed by atoms with van der Waals surface area (Å²) in [5, 5.41) is 87.3. The molecule has 3 fully saturated rings. The molecule has 602 valence electrons. The number of hydrogen-bond donors (Lipinski definition) is 6. The molecule has 3 aliphatic rings. The van der Waals surface area contributed by atoms with Gasteiger partial charge in [-0.25, -0.2) is 0 Å². The first-order valence-electron chi connectivity index (χ1n) is 40.6. The summed E-state index contributed by atoms with van der Waals surface area (Å²) >= 11 is 2.34. The summed E-state index contributed by atoms with van der Waals surface area (Å²) in [4.78, 5) is 10.2. The first kappa shape index (κ1) is 86.2. The zero-order valence-electron chi connectivity index (χ0n) is 68.4. The maximum atomic E-state index is 10.3. The van der Waals surface area contributed by atoms with Crippen molar-refractivity contribution in [3.05, 3.63) is 311 Å². The standard InChI is InChI=1S/C22H22N2O.C21H20N2O2.C20H18N2O3.C15H10N2.C12H8IN.C12H9N.CH3O.Na/c1-3-21-15(2)13-22(25-21)24-19-9-5-4-8-17(19)18-14-16(7-6-12-23)10-11-20(18)24;1-2-20-19(24)13-21(25-20)23-17-8-4-3-7-15(17)16-12-14(6-5-11-22)9-10-18(16)23;21-9-3-4-13-7-8-17-15(10-13)14-5-1-2-6-16(14)22(17)20-11-18(24)19(12-23)25-20;16-9-3-4-11-7-8-15-13(10-11)12-5-1-2-6-14(12)17-15;13-8-5-6-12-10(7-8)9-3-1-2-4-11(9)14-12;1-3-7-11-9(5-1)10-6-2-4-8-12(10)13-11;1-2;/h4-11,14-15,21-22H,3,13H2,1-2H3;3-10,12,19-21,24H,2,13H2,1H3;1-8,10,18-20,23-24H,11-12H2;1-8,10,17H;1-7,14H;1-8,13H;1H3;/q;;;;;;-1;+1/b7-6+;6-5+;2*4-3+;;;;/t15?,21-,22-;19?,20-,21-;18?,19-,20-;;;;;/m111...../s1. The van der Waals surface area contributed by atoms with Crippen molar-refractivity contribution < 1.29 is 64.2 Å². The average Bonchev–Trinajstić information content (AvgIpc) is 1.60. The van der Waals surface area contributed by atoms with Crippen LogP contribution in [0.15, 0.2) is 285 Å². The molecule has 6 N–H and O–H groups in total. The number of aliphatic hydroxyl groups excluding tert-OH is 3. The van der Waals surface area contributed by atoms with Crippen LogP contribution >= 0.6 is 22.6 Å². The fourth-order valence-electron chi connectivity index (χ4n) is 17.2. The first-order chi connectivity index (χ1) is 59.3. The van der Waals surface area contributed by atoms with E-state index in [1.807, 2.05) is 116 Å². The van der Waals surface area contributed by atoms with Crippen LogP contribution in [0.1, 0.15) is 93.8 Å². The van der Waals surface area contributed by atoms with Crippen LogP contribution in [0.25, 0.3) is 155 Å². The van der Waals surface area contributed by atoms with E-state index in [0.717, 1.165) is 103 Å². The molecule has 18 aromatic rings. The van der Waals surface area contributed by atoms with Gasteiger partial charge in [-0.15, -0.1) is 0 Å². The van der Waals surface area contributed by atoms with Gasteiger partial charge in [-0.3, -0.25) is 0 Å². The van der Waals surface area contributed by atoms with Gasteiger partial charge < -0.3 is 63.3 Å². The fourth-order valence-corrected chi connectivity index (χ4v) is 17.7. The van der Waals surface area contributed by atoms with Crippen molar-refractivity contribution in [2.75, 3.05) is 13.7 Å². The van der Waals surface area contributed by atoms with E-state index in [0.29, 0.717) is 24.9 Å². The zero-order chi connectivity index (χ0) is 84.0. The van der Waals surface area contributed by atoms with Gasteiger partial charge in [0, 0.05) is 138 Å². The Morgan fingerprint density at radius 1 is 0.361 bits per heavy atom. The Labute approximate surface area is 742 Å². The molecule has 3 aliphatic heterocycles. The number of aromatic amines is 3. The van der Waals surface area contributed by atoms with Gasteiger partial charge in [0.2, 0.25) is 0 Å². The van der Waals surface area contributed by atoms with Gasteiger partial charge in [0.1, 0.15) is 24.8 Å². The van der Waals surface area contributed by atoms with Crippen LogP contribution < -0.4 is 34.7 Å². The second kappa shape index (κ2) is 40.0. The number of ether oxygens (including phenoxy) is 3. The molecule has 17 nitrogen and oxygen atoms in total. The molecule has 21 rings (SSSR count). The molecule has 0 amide bonds. The Balaban J connectivity index is 0.000000121. The number of allylic oxidation sites excluding steroid dienone is 4. The van der Waals surface area contributed by atoms with Gasteiger partial charge in [0.05, 0.1) is 88.4 Å². The number of halogens is 1. The van der Waals surface area contributed by atoms with Gasteiger partial charge in [0.25, 0.3) is 0 Å². The maximum Gasteiger partial charge on any atom is 1.00 e. The number of benzene rings is 12. The molecule has 3 unspecified atom stereocenters. The van der Waals surface area contributed by atoms with E-state index in [4.69, 9.17) is 40.4 Å². The Morgan fingerprint density at radius 2 is 0.639 bits per heavy atom. The Kier molecular flexibility index (Phi) is 28.3. The summed E-state index contributed by atoms with van der Waals surface area (Å²) in [7, 11) is 0.750. The van der Waals surface area contributed by atoms with Crippen molar-refractivity contribution in [2.24, 2.45) is 5.92 Å². The van der Waals surface area contributed by atoms with E-state index in [2.05, 4.69) is 259 Å². The third-order valence-corrected chi connectivity index (χ3v) is 23.5. The summed E-state index contributed by atoms with van der Waals surface area (Å²) in [5.74, 6) is 0.573. The number of nitriles is 4. The SMILES string of the molecule is CC[C@H]1O[C@@H](n2c3ccccc3c3cc(/C=C/C#N)ccc32)CC1C.CC[C@H]1O[C@@H](n2c3ccccc3c3cc(/C=C/C#N)ccc32)CC1O.C[O-].Ic1ccc2[nH]c3ccccc3c2c1.N#C/C=C/c1ccc2[nH]c3ccccc3c2c1.N#C/C=C/c1ccc2c(c1)c1ccccc1n2[C@H]1CC(O)[C@@H](CO)O1.[Na+].c1ccc2c(c1)[nH]c1ccccc12. The number of aliphatic hydroxyl groups is 3. The number of nitrogens with one attached hydrogen (secondary N) is 3. The molecular formula is C103H90IN10NaO7. The molecule has 0 radical (unpaired) electrons. The number of nitrogens with zero attached hydrogens (tertiary/aromatic N) is 7. The second-order valence-corrected chi connectivity index (χ2v) is 31.3. The largest absolute Gasteiger partial charge is 1.00 e. The minimum Gasteiger partial charge on any atom is -0.857 e. The summed E-state index contributed by atoms with van der Waals surface area (Å²) in [6, 6.07) is 97.5. The Morgan fingerprint density at radius 3 is 0.984 bits per heavy atom. The summed E-state index contributed by atoms with van der Waals surface area (Å²) in [5.41, 5.74) is 17.8. The van der Waals surface area contributed by atoms with Crippen LogP contribution in [0.5, 0.6) is 0 Å². The molecule has 3 saturated heterocycles. The molecule has 19 heteroatoms. The molecule has 122 heavy (non-hydrogen) atoms. The van der Waals surface area contributed by atoms with E-state index in [1.54, 1.807) is 6.08 Å². The quantitative estimate of drug-likeness (QED) is 0.0426. The molecule has 0 spiro atoms. The van der Waals surface area contributed by atoms with Crippen molar-refractivity contribution in [1.82, 2.24) is 28.7 Å². The third kappa shape index (κ3) is 18.2. The zero-order valence-corrected chi connectivity index (χ0v) is 72.5. The van der Waals surface area contributed by atoms with Crippen molar-refractivity contribution in [1.29, 1.82) is 21.0 Å². The van der Waals surface area contributed by atoms with Gasteiger partial charge in [-0.05, 0) is 204 Å². The molecule has 0 saturated carbocycles. The van der Waals surface area contributed by atoms with Crippen LogP contribution in [0, 0.1) is 54.8 Å². The summed E-state index contributed by atoms with van der Waals surface area (Å²) in [6.45, 7) is 6.32. The Hall–Kier alpha value is -12.2. The second-order valence-electron chi connectivity index (χ2n) is 30.1. The molecule has 0 bridgehead atoms. The number of rotatable bonds is 10. The average molecular weight is 1730 g/mol. The topological polar surface area (TPSA) is 269 Å². The third-order valence-electron chi connectivity index (χ3n) is 22.8. The van der Waals surface area contributed by atoms with Crippen LogP contribution in [0.3, 0.4) is 0 Å². The van der Waals surface area contributed by atoms with Crippen molar-refractivity contribution >= 4 is 178 Å². The molecule has 9 atom stereocenters. The van der Waals surface area contributed by atoms with Crippen LogP contribution in [-0.4, -0.2) is 88.2 Å². The monoisotopic (exact) mass is 1730 g/mol. The van der Waals surface area contributed by atoms with Gasteiger partial charge in [0.15, 0.2) is 0 Å². The maximum absolute atomic E-state index is 10.3. The van der Waals surface area contributed by atoms with Crippen molar-refractivity contribution in [3.8, 4) is 24.3 Å². The van der Waals surface area contributed by atoms with E-state index in [9.17, 15) is 15.3 Å². The molecule has 9 heterocycles. The normalized spacial score (nSPS) is 18.6. The van der Waals surface area contributed by atoms with E-state index < -0.39 is 18.3 Å². The molecule has 12 aromatic carbocycles. The van der Waals surface area contributed by atoms with Crippen molar-refractivity contribution in [3.63, 3.8) is 0 Å². The number of aromatic nitrogens is 6. The number of hydrogen-bond acceptors (Lipinski definition) is 11. The van der Waals surface area contributed by atoms with Crippen LogP contribution in [0.4, 0.5) is 0 Å². The molecule has 0 aliphatic carbocycles. The van der Waals surface area contributed by atoms with Crippen LogP contribution in [-0.2, 0) is 14.2 Å². The summed E-state index contributed by atoms with van der Waals surface area (Å²) < 4.78 is 26.3. The van der Waals surface area contributed by atoms with Gasteiger partial charge >= 0.3 is 29.6 Å². The van der Waals surface area contributed by atoms with E-state index >= 15 is 0 Å².